The van der Waals surface area contributed by atoms with Crippen LogP contribution in [0.2, 0.25) is 0 Å². The predicted molar refractivity (Wildman–Crippen MR) is 237 cm³/mol. The number of hydrogen-bond donors (Lipinski definition) is 1. The number of rotatable bonds is 6. The molecule has 9 aromatic carbocycles. The topological polar surface area (TPSA) is 30.9 Å². The van der Waals surface area contributed by atoms with Gasteiger partial charge in [-0.25, -0.2) is 0 Å². The van der Waals surface area contributed by atoms with Gasteiger partial charge in [0.2, 0.25) is 0 Å². The molecule has 1 aromatic heterocycles. The molecule has 55 heavy (non-hydrogen) atoms. The predicted octanol–water partition coefficient (Wildman–Crippen LogP) is 14.4. The molecule has 0 aliphatic carbocycles. The molecule has 0 bridgehead atoms. The van der Waals surface area contributed by atoms with Crippen LogP contribution in [0.25, 0.3) is 99.5 Å². The van der Waals surface area contributed by atoms with Gasteiger partial charge in [-0.05, 0) is 132 Å². The Balaban J connectivity index is 1.20. The molecular formula is C53H38N2. The number of fused-ring (bicyclic) bond motifs is 4. The SMILES string of the molecule is C/C=C\c1c(N)c2cc(-c3cc(-c4ccccc4)c4cc(-c5c6ccccc6c(-c6ccccc6)c6ccccc56)ccc4c3)ccc2n1-c1ccccc1. The first-order chi connectivity index (χ1) is 27.2. The van der Waals surface area contributed by atoms with Crippen LogP contribution in [0.5, 0.6) is 0 Å². The molecule has 0 saturated heterocycles. The summed E-state index contributed by atoms with van der Waals surface area (Å²) in [6.45, 7) is 2.04. The van der Waals surface area contributed by atoms with E-state index in [4.69, 9.17) is 5.73 Å². The third-order valence-electron chi connectivity index (χ3n) is 11.0. The van der Waals surface area contributed by atoms with Crippen molar-refractivity contribution in [3.05, 3.63) is 200 Å². The number of para-hydroxylation sites is 1. The van der Waals surface area contributed by atoms with Crippen LogP contribution in [0.1, 0.15) is 12.6 Å². The van der Waals surface area contributed by atoms with Crippen molar-refractivity contribution in [3.8, 4) is 50.2 Å². The zero-order valence-corrected chi connectivity index (χ0v) is 30.6. The standard InChI is InChI=1S/C53H38N2/c1-2-16-50-53(54)48-32-37(29-30-49(48)55(50)41-21-10-5-11-22-41)40-31-38-27-28-39(33-47(38)46(34-40)35-17-6-3-7-18-35)52-44-25-14-12-23-42(44)51(36-19-8-4-9-20-36)43-24-13-15-26-45(43)52/h2-34H,54H2,1H3/b16-2-. The Morgan fingerprint density at radius 2 is 0.945 bits per heavy atom. The minimum atomic E-state index is 0.783. The molecule has 0 atom stereocenters. The largest absolute Gasteiger partial charge is 0.396 e. The number of nitrogens with two attached hydrogens (primary N) is 1. The Morgan fingerprint density at radius 3 is 1.56 bits per heavy atom. The number of hydrogen-bond acceptors (Lipinski definition) is 1. The number of allylic oxidation sites excluding steroid dienone is 1. The van der Waals surface area contributed by atoms with E-state index >= 15 is 0 Å². The highest BCUT2D eigenvalue weighted by Gasteiger charge is 2.19. The van der Waals surface area contributed by atoms with Crippen LogP contribution in [0.15, 0.2) is 194 Å². The highest BCUT2D eigenvalue weighted by atomic mass is 15.0. The summed E-state index contributed by atoms with van der Waals surface area (Å²) in [4.78, 5) is 0. The summed E-state index contributed by atoms with van der Waals surface area (Å²) in [6.07, 6.45) is 4.16. The molecule has 2 nitrogen and oxygen atoms in total. The summed E-state index contributed by atoms with van der Waals surface area (Å²) >= 11 is 0. The number of nitrogens with zero attached hydrogens (tertiary/aromatic N) is 1. The number of aromatic nitrogens is 1. The minimum absolute atomic E-state index is 0.783. The summed E-state index contributed by atoms with van der Waals surface area (Å²) in [5.41, 5.74) is 20.6. The fourth-order valence-electron chi connectivity index (χ4n) is 8.58. The maximum Gasteiger partial charge on any atom is 0.0695 e. The Hall–Kier alpha value is -7.16. The second-order valence-corrected chi connectivity index (χ2v) is 14.2. The van der Waals surface area contributed by atoms with E-state index in [-0.39, 0.29) is 0 Å². The first-order valence-electron chi connectivity index (χ1n) is 18.9. The van der Waals surface area contributed by atoms with Crippen LogP contribution in [0.3, 0.4) is 0 Å². The van der Waals surface area contributed by atoms with Gasteiger partial charge in [0.1, 0.15) is 0 Å². The number of benzene rings is 9. The van der Waals surface area contributed by atoms with Gasteiger partial charge in [0.25, 0.3) is 0 Å². The van der Waals surface area contributed by atoms with Gasteiger partial charge in [0, 0.05) is 11.1 Å². The third kappa shape index (κ3) is 5.42. The second kappa shape index (κ2) is 13.4. The lowest BCUT2D eigenvalue weighted by molar-refractivity contribution is 1.11. The van der Waals surface area contributed by atoms with Gasteiger partial charge in [-0.2, -0.15) is 0 Å². The summed E-state index contributed by atoms with van der Waals surface area (Å²) in [5, 5.41) is 8.48. The van der Waals surface area contributed by atoms with Gasteiger partial charge in [-0.3, -0.25) is 0 Å². The van der Waals surface area contributed by atoms with E-state index in [1.807, 2.05) is 13.0 Å². The Bertz CT molecular complexity index is 3020. The Labute approximate surface area is 321 Å². The zero-order valence-electron chi connectivity index (χ0n) is 30.6. The lowest BCUT2D eigenvalue weighted by Gasteiger charge is -2.19. The lowest BCUT2D eigenvalue weighted by atomic mass is 9.85. The molecule has 0 spiro atoms. The van der Waals surface area contributed by atoms with Crippen LogP contribution in [-0.2, 0) is 0 Å². The first kappa shape index (κ1) is 32.5. The molecule has 10 rings (SSSR count). The summed E-state index contributed by atoms with van der Waals surface area (Å²) in [5.74, 6) is 0. The van der Waals surface area contributed by atoms with E-state index in [0.717, 1.165) is 39.1 Å². The molecule has 260 valence electrons. The molecule has 2 N–H and O–H groups in total. The van der Waals surface area contributed by atoms with E-state index in [0.29, 0.717) is 0 Å². The maximum atomic E-state index is 6.94. The van der Waals surface area contributed by atoms with Crippen molar-refractivity contribution in [3.63, 3.8) is 0 Å². The first-order valence-corrected chi connectivity index (χ1v) is 18.9. The van der Waals surface area contributed by atoms with Crippen LogP contribution >= 0.6 is 0 Å². The molecule has 2 heteroatoms. The fourth-order valence-corrected chi connectivity index (χ4v) is 8.58. The minimum Gasteiger partial charge on any atom is -0.396 e. The van der Waals surface area contributed by atoms with Crippen LogP contribution in [-0.4, -0.2) is 4.57 Å². The highest BCUT2D eigenvalue weighted by Crippen LogP contribution is 2.45. The number of nitrogen functional groups attached to an aromatic ring is 1. The summed E-state index contributed by atoms with van der Waals surface area (Å²) < 4.78 is 2.26. The van der Waals surface area contributed by atoms with Gasteiger partial charge in [0.15, 0.2) is 0 Å². The lowest BCUT2D eigenvalue weighted by Crippen LogP contribution is -1.97. The molecule has 10 aromatic rings. The van der Waals surface area contributed by atoms with Gasteiger partial charge in [0.05, 0.1) is 16.9 Å². The Morgan fingerprint density at radius 1 is 0.418 bits per heavy atom. The molecule has 0 aliphatic rings. The Kier molecular flexibility index (Phi) is 7.89. The summed E-state index contributed by atoms with van der Waals surface area (Å²) in [7, 11) is 0. The molecule has 0 saturated carbocycles. The van der Waals surface area contributed by atoms with E-state index < -0.39 is 0 Å². The normalized spacial score (nSPS) is 11.7. The van der Waals surface area contributed by atoms with Crippen molar-refractivity contribution in [2.24, 2.45) is 0 Å². The van der Waals surface area contributed by atoms with Gasteiger partial charge in [-0.1, -0.05) is 152 Å². The highest BCUT2D eigenvalue weighted by molar-refractivity contribution is 6.22. The number of anilines is 1. The fraction of sp³-hybridized carbons (Fsp3) is 0.0189. The molecule has 0 aliphatic heterocycles. The monoisotopic (exact) mass is 702 g/mol. The quantitative estimate of drug-likeness (QED) is 0.172. The van der Waals surface area contributed by atoms with Crippen molar-refractivity contribution in [1.82, 2.24) is 4.57 Å². The summed E-state index contributed by atoms with van der Waals surface area (Å²) in [6, 6.07) is 68.2. The molecule has 0 radical (unpaired) electrons. The zero-order chi connectivity index (χ0) is 36.9. The molecule has 1 heterocycles. The average molecular weight is 703 g/mol. The van der Waals surface area contributed by atoms with Crippen LogP contribution < -0.4 is 5.73 Å². The van der Waals surface area contributed by atoms with E-state index in [1.165, 1.54) is 65.7 Å². The van der Waals surface area contributed by atoms with Crippen molar-refractivity contribution >= 4 is 55.0 Å². The average Bonchev–Trinajstić information content (AvgIpc) is 3.53. The van der Waals surface area contributed by atoms with Gasteiger partial charge < -0.3 is 10.3 Å². The smallest absolute Gasteiger partial charge is 0.0695 e. The second-order valence-electron chi connectivity index (χ2n) is 14.2. The van der Waals surface area contributed by atoms with Crippen LogP contribution in [0, 0.1) is 0 Å². The maximum absolute atomic E-state index is 6.94. The van der Waals surface area contributed by atoms with E-state index in [1.54, 1.807) is 0 Å². The van der Waals surface area contributed by atoms with Gasteiger partial charge in [-0.15, -0.1) is 0 Å². The van der Waals surface area contributed by atoms with Gasteiger partial charge >= 0.3 is 0 Å². The molecule has 0 amide bonds. The van der Waals surface area contributed by atoms with Crippen molar-refractivity contribution in [2.45, 2.75) is 6.92 Å². The van der Waals surface area contributed by atoms with E-state index in [2.05, 4.69) is 199 Å². The third-order valence-corrected chi connectivity index (χ3v) is 11.0. The molecule has 0 unspecified atom stereocenters. The molecule has 0 fully saturated rings. The molecular weight excluding hydrogens is 665 g/mol. The van der Waals surface area contributed by atoms with E-state index in [9.17, 15) is 0 Å². The van der Waals surface area contributed by atoms with Crippen molar-refractivity contribution in [1.29, 1.82) is 0 Å². The van der Waals surface area contributed by atoms with Crippen LogP contribution in [0.4, 0.5) is 5.69 Å². The van der Waals surface area contributed by atoms with Crippen molar-refractivity contribution in [2.75, 3.05) is 5.73 Å². The van der Waals surface area contributed by atoms with Crippen molar-refractivity contribution < 1.29 is 0 Å².